The number of aromatic nitrogens is 2. The largest absolute Gasteiger partial charge is 0.489 e. The minimum atomic E-state index is -2.96. The summed E-state index contributed by atoms with van der Waals surface area (Å²) >= 11 is 7.79. The topological polar surface area (TPSA) is 153 Å². The summed E-state index contributed by atoms with van der Waals surface area (Å²) < 4.78 is 94.0. The van der Waals surface area contributed by atoms with E-state index in [0.29, 0.717) is 13.0 Å². The van der Waals surface area contributed by atoms with Crippen LogP contribution in [0.25, 0.3) is 32.1 Å². The van der Waals surface area contributed by atoms with Gasteiger partial charge in [0.05, 0.1) is 32.8 Å². The SMILES string of the molecule is CC(C)C(N)C(=O)OC(C)C1COc2c(Cl)c(-c3ccc(F)c4sc(N)c(C#N)c34)c(F)c3nc(OC[C@@]45CCCN4C[C@H](F)C5)nc(c23)N1CC(F)F. The van der Waals surface area contributed by atoms with E-state index >= 15 is 8.78 Å². The summed E-state index contributed by atoms with van der Waals surface area (Å²) in [6.07, 6.45) is -3.52. The van der Waals surface area contributed by atoms with E-state index in [4.69, 9.17) is 37.3 Å². The Kier molecular flexibility index (Phi) is 10.2. The Morgan fingerprint density at radius 1 is 1.24 bits per heavy atom. The van der Waals surface area contributed by atoms with Crippen LogP contribution in [0.15, 0.2) is 12.1 Å². The van der Waals surface area contributed by atoms with E-state index in [9.17, 15) is 23.2 Å². The summed E-state index contributed by atoms with van der Waals surface area (Å²) in [6.45, 7) is 4.39. The van der Waals surface area contributed by atoms with E-state index in [2.05, 4.69) is 9.97 Å². The molecule has 5 heterocycles. The van der Waals surface area contributed by atoms with E-state index in [0.717, 1.165) is 28.7 Å². The number of thiophene rings is 1. The fraction of sp³-hybridized carbons (Fsp3) is 0.500. The van der Waals surface area contributed by atoms with Crippen molar-refractivity contribution in [2.75, 3.05) is 43.5 Å². The Morgan fingerprint density at radius 3 is 2.70 bits per heavy atom. The molecule has 0 spiro atoms. The van der Waals surface area contributed by atoms with Gasteiger partial charge in [-0.25, -0.2) is 22.0 Å². The first-order valence-electron chi connectivity index (χ1n) is 17.4. The number of hydrogen-bond acceptors (Lipinski definition) is 12. The lowest BCUT2D eigenvalue weighted by molar-refractivity contribution is -0.152. The second-order valence-corrected chi connectivity index (χ2v) is 15.8. The van der Waals surface area contributed by atoms with E-state index in [1.165, 1.54) is 13.0 Å². The fourth-order valence-corrected chi connectivity index (χ4v) is 9.11. The van der Waals surface area contributed by atoms with Crippen LogP contribution in [0.1, 0.15) is 45.6 Å². The molecule has 3 unspecified atom stereocenters. The van der Waals surface area contributed by atoms with Crippen LogP contribution in [0.3, 0.4) is 0 Å². The number of rotatable bonds is 10. The molecule has 3 aliphatic rings. The van der Waals surface area contributed by atoms with Crippen LogP contribution in [0.4, 0.5) is 32.8 Å². The maximum Gasteiger partial charge on any atom is 0.323 e. The summed E-state index contributed by atoms with van der Waals surface area (Å²) in [6, 6.07) is 1.73. The van der Waals surface area contributed by atoms with Gasteiger partial charge in [-0.05, 0) is 43.9 Å². The van der Waals surface area contributed by atoms with Crippen molar-refractivity contribution >= 4 is 60.7 Å². The van der Waals surface area contributed by atoms with Gasteiger partial charge in [0.15, 0.2) is 11.6 Å². The number of fused-ring (bicyclic) bond motifs is 2. The predicted octanol–water partition coefficient (Wildman–Crippen LogP) is 6.60. The highest BCUT2D eigenvalue weighted by atomic mass is 35.5. The van der Waals surface area contributed by atoms with Gasteiger partial charge in [0.1, 0.15) is 65.8 Å². The van der Waals surface area contributed by atoms with Gasteiger partial charge in [0.25, 0.3) is 6.43 Å². The van der Waals surface area contributed by atoms with Gasteiger partial charge >= 0.3 is 12.0 Å². The molecule has 0 amide bonds. The highest BCUT2D eigenvalue weighted by Crippen LogP contribution is 2.51. The number of carbonyl (C=O) groups is 1. The molecule has 4 N–H and O–H groups in total. The average Bonchev–Trinajstić information content (AvgIpc) is 3.73. The Hall–Kier alpha value is -4.24. The second-order valence-electron chi connectivity index (χ2n) is 14.3. The van der Waals surface area contributed by atoms with Crippen molar-refractivity contribution in [1.29, 1.82) is 5.26 Å². The van der Waals surface area contributed by atoms with Gasteiger partial charge in [-0.3, -0.25) is 9.69 Å². The van der Waals surface area contributed by atoms with Gasteiger partial charge in [-0.1, -0.05) is 31.5 Å². The monoisotopic (exact) mass is 793 g/mol. The number of halogens is 6. The molecule has 5 atom stereocenters. The van der Waals surface area contributed by atoms with Gasteiger partial charge in [0.2, 0.25) is 0 Å². The molecule has 4 aromatic rings. The minimum absolute atomic E-state index is 0.000165. The summed E-state index contributed by atoms with van der Waals surface area (Å²) in [5.41, 5.74) is 10.6. The molecule has 2 fully saturated rings. The molecular weight excluding hydrogens is 757 g/mol. The molecule has 2 saturated heterocycles. The zero-order valence-electron chi connectivity index (χ0n) is 29.5. The van der Waals surface area contributed by atoms with Crippen molar-refractivity contribution in [1.82, 2.24) is 14.9 Å². The third-order valence-electron chi connectivity index (χ3n) is 10.6. The van der Waals surface area contributed by atoms with Crippen LogP contribution >= 0.6 is 22.9 Å². The number of hydrogen-bond donors (Lipinski definition) is 2. The number of ether oxygens (including phenoxy) is 3. The van der Waals surface area contributed by atoms with Crippen LogP contribution in [-0.2, 0) is 9.53 Å². The van der Waals surface area contributed by atoms with Crippen LogP contribution in [-0.4, -0.2) is 90.0 Å². The summed E-state index contributed by atoms with van der Waals surface area (Å²) in [7, 11) is 0. The normalized spacial score (nSPS) is 22.4. The highest BCUT2D eigenvalue weighted by Gasteiger charge is 2.49. The van der Waals surface area contributed by atoms with E-state index < -0.39 is 78.6 Å². The van der Waals surface area contributed by atoms with Crippen molar-refractivity contribution in [3.8, 4) is 29.0 Å². The van der Waals surface area contributed by atoms with Crippen molar-refractivity contribution in [3.05, 3.63) is 34.4 Å². The molecule has 3 aliphatic heterocycles. The molecule has 2 aromatic carbocycles. The number of nitrogens with zero attached hydrogens (tertiary/aromatic N) is 5. The zero-order valence-corrected chi connectivity index (χ0v) is 31.0. The first-order valence-corrected chi connectivity index (χ1v) is 18.6. The molecule has 288 valence electrons. The smallest absolute Gasteiger partial charge is 0.323 e. The van der Waals surface area contributed by atoms with Crippen LogP contribution in [0.2, 0.25) is 5.02 Å². The van der Waals surface area contributed by atoms with Gasteiger partial charge in [0, 0.05) is 23.9 Å². The lowest BCUT2D eigenvalue weighted by atomic mass is 9.95. The Balaban J connectivity index is 1.44. The van der Waals surface area contributed by atoms with Crippen LogP contribution in [0.5, 0.6) is 11.8 Å². The Bertz CT molecular complexity index is 2190. The molecule has 0 aliphatic carbocycles. The lowest BCUT2D eigenvalue weighted by Crippen LogP contribution is -2.51. The van der Waals surface area contributed by atoms with Crippen molar-refractivity contribution in [2.24, 2.45) is 11.7 Å². The third-order valence-corrected chi connectivity index (χ3v) is 12.0. The predicted molar refractivity (Wildman–Crippen MR) is 194 cm³/mol. The molecule has 7 rings (SSSR count). The highest BCUT2D eigenvalue weighted by molar-refractivity contribution is 7.23. The van der Waals surface area contributed by atoms with E-state index in [1.54, 1.807) is 13.8 Å². The summed E-state index contributed by atoms with van der Waals surface area (Å²) in [4.78, 5) is 25.1. The summed E-state index contributed by atoms with van der Waals surface area (Å²) in [5, 5.41) is 9.45. The number of anilines is 2. The van der Waals surface area contributed by atoms with Crippen LogP contribution < -0.4 is 25.8 Å². The van der Waals surface area contributed by atoms with Gasteiger partial charge < -0.3 is 30.6 Å². The Morgan fingerprint density at radius 2 is 2.00 bits per heavy atom. The molecule has 0 radical (unpaired) electrons. The quantitative estimate of drug-likeness (QED) is 0.132. The number of carbonyl (C=O) groups excluding carboxylic acids is 1. The van der Waals surface area contributed by atoms with Crippen molar-refractivity contribution in [2.45, 2.75) is 76.4 Å². The second kappa shape index (κ2) is 14.4. The summed E-state index contributed by atoms with van der Waals surface area (Å²) in [5.74, 6) is -3.27. The number of esters is 1. The molecule has 0 saturated carbocycles. The minimum Gasteiger partial charge on any atom is -0.489 e. The zero-order chi connectivity index (χ0) is 38.8. The molecular formula is C36H37ClF5N7O4S. The number of benzene rings is 2. The third kappa shape index (κ3) is 6.40. The molecule has 2 aromatic heterocycles. The number of nitrogen functional groups attached to an aromatic ring is 1. The number of nitriles is 1. The lowest BCUT2D eigenvalue weighted by Gasteiger charge is -2.35. The van der Waals surface area contributed by atoms with Crippen molar-refractivity contribution in [3.63, 3.8) is 0 Å². The standard InChI is InChI=1S/C36H37ClF5N7O4S/c1-15(2)28(44)34(50)53-16(3)21-13-51-30-25-29(27(42)24(26(30)37)18-5-6-20(39)31-23(18)19(10-43)32(45)54-31)46-35(47-33(25)49(21)12-22(40)41)52-14-36-7-4-8-48(36)11-17(38)9-36/h5-6,15-17,21-22,28H,4,7-9,11-14,44-45H2,1-3H3/t16?,17-,21?,28?,36+/m1/s1. The van der Waals surface area contributed by atoms with Crippen molar-refractivity contribution < 1.29 is 41.0 Å². The van der Waals surface area contributed by atoms with Crippen LogP contribution in [0, 0.1) is 28.9 Å². The molecule has 18 heteroatoms. The fourth-order valence-electron chi connectivity index (χ4n) is 7.82. The van der Waals surface area contributed by atoms with Gasteiger partial charge in [-0.15, -0.1) is 11.3 Å². The first-order chi connectivity index (χ1) is 25.6. The maximum absolute atomic E-state index is 17.3. The molecule has 0 bridgehead atoms. The average molecular weight is 794 g/mol. The van der Waals surface area contributed by atoms with Gasteiger partial charge in [-0.2, -0.15) is 15.2 Å². The maximum atomic E-state index is 17.3. The van der Waals surface area contributed by atoms with E-state index in [1.807, 2.05) is 11.0 Å². The Labute approximate surface area is 315 Å². The number of alkyl halides is 3. The number of nitrogens with two attached hydrogens (primary N) is 2. The molecule has 54 heavy (non-hydrogen) atoms. The van der Waals surface area contributed by atoms with E-state index in [-0.39, 0.29) is 79.2 Å². The first kappa shape index (κ1) is 38.1. The molecule has 11 nitrogen and oxygen atoms in total.